The van der Waals surface area contributed by atoms with Gasteiger partial charge in [-0.2, -0.15) is 0 Å². The van der Waals surface area contributed by atoms with Gasteiger partial charge in [0.2, 0.25) is 0 Å². The predicted molar refractivity (Wildman–Crippen MR) is 72.7 cm³/mol. The predicted octanol–water partition coefficient (Wildman–Crippen LogP) is 4.29. The van der Waals surface area contributed by atoms with Crippen LogP contribution >= 0.6 is 0 Å². The molecule has 0 aromatic heterocycles. The highest BCUT2D eigenvalue weighted by molar-refractivity contribution is 5.01. The molecule has 1 heteroatoms. The van der Waals surface area contributed by atoms with E-state index >= 15 is 0 Å². The van der Waals surface area contributed by atoms with Gasteiger partial charge in [0.25, 0.3) is 0 Å². The molecule has 1 unspecified atom stereocenters. The van der Waals surface area contributed by atoms with Crippen LogP contribution in [0.5, 0.6) is 0 Å². The Morgan fingerprint density at radius 2 is 1.81 bits per heavy atom. The van der Waals surface area contributed by atoms with Crippen LogP contribution in [0.1, 0.15) is 65.7 Å². The third-order valence-electron chi connectivity index (χ3n) is 3.56. The lowest BCUT2D eigenvalue weighted by molar-refractivity contribution is 0.384. The second-order valence-corrected chi connectivity index (χ2v) is 5.50. The minimum atomic E-state index is 0.609. The summed E-state index contributed by atoms with van der Waals surface area (Å²) >= 11 is 0. The minimum absolute atomic E-state index is 0.609. The zero-order valence-electron chi connectivity index (χ0n) is 11.4. The van der Waals surface area contributed by atoms with Crippen molar-refractivity contribution < 1.29 is 0 Å². The van der Waals surface area contributed by atoms with E-state index < -0.39 is 0 Å². The van der Waals surface area contributed by atoms with Gasteiger partial charge in [-0.3, -0.25) is 0 Å². The van der Waals surface area contributed by atoms with Gasteiger partial charge in [-0.25, -0.2) is 0 Å². The maximum atomic E-state index is 3.61. The van der Waals surface area contributed by atoms with E-state index in [1.165, 1.54) is 50.5 Å². The van der Waals surface area contributed by atoms with Gasteiger partial charge in [-0.1, -0.05) is 57.1 Å². The number of hydrogen-bond acceptors (Lipinski definition) is 1. The van der Waals surface area contributed by atoms with Crippen LogP contribution in [0, 0.1) is 5.92 Å². The zero-order valence-corrected chi connectivity index (χ0v) is 11.4. The standard InChI is InChI=1S/C15H29N/c1-4-16-15(11-13(2)3)12-14-9-7-5-6-8-10-14/h11,14-16H,4-10,12H2,1-3H3. The van der Waals surface area contributed by atoms with Crippen molar-refractivity contribution in [2.24, 2.45) is 5.92 Å². The molecule has 1 nitrogen and oxygen atoms in total. The van der Waals surface area contributed by atoms with Crippen LogP contribution in [0.2, 0.25) is 0 Å². The van der Waals surface area contributed by atoms with Crippen molar-refractivity contribution in [1.82, 2.24) is 5.32 Å². The van der Waals surface area contributed by atoms with Gasteiger partial charge in [0.05, 0.1) is 0 Å². The van der Waals surface area contributed by atoms with Crippen LogP contribution in [-0.4, -0.2) is 12.6 Å². The SMILES string of the molecule is CCNC(C=C(C)C)CC1CCCCCC1. The van der Waals surface area contributed by atoms with E-state index in [0.717, 1.165) is 12.5 Å². The van der Waals surface area contributed by atoms with Crippen LogP contribution in [-0.2, 0) is 0 Å². The van der Waals surface area contributed by atoms with E-state index in [1.807, 2.05) is 0 Å². The maximum Gasteiger partial charge on any atom is 0.0254 e. The Balaban J connectivity index is 2.42. The smallest absolute Gasteiger partial charge is 0.0254 e. The third kappa shape index (κ3) is 5.69. The van der Waals surface area contributed by atoms with Crippen molar-refractivity contribution in [2.75, 3.05) is 6.54 Å². The molecule has 0 spiro atoms. The Labute approximate surface area is 102 Å². The Hall–Kier alpha value is -0.300. The highest BCUT2D eigenvalue weighted by Gasteiger charge is 2.16. The summed E-state index contributed by atoms with van der Waals surface area (Å²) in [5, 5.41) is 3.61. The van der Waals surface area contributed by atoms with Gasteiger partial charge in [0.1, 0.15) is 0 Å². The molecule has 1 atom stereocenters. The monoisotopic (exact) mass is 223 g/mol. The summed E-state index contributed by atoms with van der Waals surface area (Å²) < 4.78 is 0. The molecule has 1 N–H and O–H groups in total. The first kappa shape index (κ1) is 13.8. The topological polar surface area (TPSA) is 12.0 Å². The molecule has 94 valence electrons. The van der Waals surface area contributed by atoms with Gasteiger partial charge in [0.15, 0.2) is 0 Å². The first-order valence-electron chi connectivity index (χ1n) is 7.10. The largest absolute Gasteiger partial charge is 0.311 e. The summed E-state index contributed by atoms with van der Waals surface area (Å²) in [6.07, 6.45) is 12.5. The van der Waals surface area contributed by atoms with Crippen LogP contribution in [0.15, 0.2) is 11.6 Å². The molecule has 0 aliphatic heterocycles. The van der Waals surface area contributed by atoms with E-state index in [-0.39, 0.29) is 0 Å². The van der Waals surface area contributed by atoms with Gasteiger partial charge in [-0.05, 0) is 32.7 Å². The number of rotatable bonds is 5. The lowest BCUT2D eigenvalue weighted by atomic mass is 9.92. The Kier molecular flexibility index (Phi) is 6.79. The summed E-state index contributed by atoms with van der Waals surface area (Å²) in [6.45, 7) is 7.70. The summed E-state index contributed by atoms with van der Waals surface area (Å²) in [7, 11) is 0. The molecular weight excluding hydrogens is 194 g/mol. The van der Waals surface area contributed by atoms with Crippen molar-refractivity contribution in [3.05, 3.63) is 11.6 Å². The number of nitrogens with one attached hydrogen (secondary N) is 1. The van der Waals surface area contributed by atoms with E-state index in [0.29, 0.717) is 6.04 Å². The molecule has 0 aromatic carbocycles. The molecule has 0 heterocycles. The zero-order chi connectivity index (χ0) is 11.8. The van der Waals surface area contributed by atoms with E-state index in [1.54, 1.807) is 0 Å². The Morgan fingerprint density at radius 3 is 2.31 bits per heavy atom. The van der Waals surface area contributed by atoms with Gasteiger partial charge >= 0.3 is 0 Å². The molecule has 0 bridgehead atoms. The molecule has 0 aromatic rings. The molecule has 16 heavy (non-hydrogen) atoms. The molecule has 0 radical (unpaired) electrons. The summed E-state index contributed by atoms with van der Waals surface area (Å²) in [4.78, 5) is 0. The quantitative estimate of drug-likeness (QED) is 0.541. The van der Waals surface area contributed by atoms with Crippen LogP contribution in [0.3, 0.4) is 0 Å². The molecule has 0 saturated heterocycles. The summed E-state index contributed by atoms with van der Waals surface area (Å²) in [5.74, 6) is 0.960. The fraction of sp³-hybridized carbons (Fsp3) is 0.867. The second-order valence-electron chi connectivity index (χ2n) is 5.50. The van der Waals surface area contributed by atoms with Crippen LogP contribution in [0.4, 0.5) is 0 Å². The average Bonchev–Trinajstić information content (AvgIpc) is 2.45. The van der Waals surface area contributed by atoms with Crippen molar-refractivity contribution in [3.8, 4) is 0 Å². The van der Waals surface area contributed by atoms with Gasteiger partial charge in [0, 0.05) is 6.04 Å². The van der Waals surface area contributed by atoms with Crippen molar-refractivity contribution >= 4 is 0 Å². The Bertz CT molecular complexity index is 195. The highest BCUT2D eigenvalue weighted by Crippen LogP contribution is 2.26. The molecule has 1 saturated carbocycles. The lowest BCUT2D eigenvalue weighted by Gasteiger charge is -2.21. The van der Waals surface area contributed by atoms with Gasteiger partial charge < -0.3 is 5.32 Å². The van der Waals surface area contributed by atoms with Crippen LogP contribution < -0.4 is 5.32 Å². The number of hydrogen-bond donors (Lipinski definition) is 1. The molecule has 1 aliphatic rings. The highest BCUT2D eigenvalue weighted by atomic mass is 14.9. The molecule has 1 aliphatic carbocycles. The maximum absolute atomic E-state index is 3.61. The minimum Gasteiger partial charge on any atom is -0.311 e. The first-order valence-corrected chi connectivity index (χ1v) is 7.10. The number of likely N-dealkylation sites (N-methyl/N-ethyl adjacent to an activating group) is 1. The molecule has 1 fully saturated rings. The Morgan fingerprint density at radius 1 is 1.19 bits per heavy atom. The average molecular weight is 223 g/mol. The third-order valence-corrected chi connectivity index (χ3v) is 3.56. The van der Waals surface area contributed by atoms with E-state index in [4.69, 9.17) is 0 Å². The second kappa shape index (κ2) is 7.89. The molecular formula is C15H29N. The lowest BCUT2D eigenvalue weighted by Crippen LogP contribution is -2.29. The first-order chi connectivity index (χ1) is 7.72. The summed E-state index contributed by atoms with van der Waals surface area (Å²) in [6, 6.07) is 0.609. The molecule has 0 amide bonds. The summed E-state index contributed by atoms with van der Waals surface area (Å²) in [5.41, 5.74) is 1.44. The van der Waals surface area contributed by atoms with Gasteiger partial charge in [-0.15, -0.1) is 0 Å². The van der Waals surface area contributed by atoms with E-state index in [9.17, 15) is 0 Å². The van der Waals surface area contributed by atoms with Crippen molar-refractivity contribution in [2.45, 2.75) is 71.8 Å². The van der Waals surface area contributed by atoms with Crippen molar-refractivity contribution in [3.63, 3.8) is 0 Å². The van der Waals surface area contributed by atoms with Crippen molar-refractivity contribution in [1.29, 1.82) is 0 Å². The molecule has 1 rings (SSSR count). The fourth-order valence-electron chi connectivity index (χ4n) is 2.83. The fourth-order valence-corrected chi connectivity index (χ4v) is 2.83. The van der Waals surface area contributed by atoms with Crippen LogP contribution in [0.25, 0.3) is 0 Å². The number of allylic oxidation sites excluding steroid dienone is 1. The van der Waals surface area contributed by atoms with E-state index in [2.05, 4.69) is 32.2 Å². The normalized spacial score (nSPS) is 20.2.